The summed E-state index contributed by atoms with van der Waals surface area (Å²) in [5.41, 5.74) is 4.13. The maximum Gasteiger partial charge on any atom is 0.258 e. The van der Waals surface area contributed by atoms with Gasteiger partial charge >= 0.3 is 0 Å². The highest BCUT2D eigenvalue weighted by Gasteiger charge is 2.24. The Morgan fingerprint density at radius 3 is 2.91 bits per heavy atom. The van der Waals surface area contributed by atoms with Gasteiger partial charge in [-0.05, 0) is 43.5 Å². The van der Waals surface area contributed by atoms with Gasteiger partial charge in [0.1, 0.15) is 0 Å². The van der Waals surface area contributed by atoms with Gasteiger partial charge in [-0.15, -0.1) is 0 Å². The highest BCUT2D eigenvalue weighted by Crippen LogP contribution is 2.30. The van der Waals surface area contributed by atoms with Gasteiger partial charge in [0.15, 0.2) is 5.82 Å². The Morgan fingerprint density at radius 2 is 2.13 bits per heavy atom. The molecule has 5 nitrogen and oxygen atoms in total. The number of pyridine rings is 1. The molecule has 4 rings (SSSR count). The number of ether oxygens (including phenoxy) is 1. The topological polar surface area (TPSA) is 61.0 Å². The van der Waals surface area contributed by atoms with Crippen molar-refractivity contribution in [2.24, 2.45) is 0 Å². The van der Waals surface area contributed by atoms with E-state index < -0.39 is 0 Å². The molecule has 0 aliphatic carbocycles. The largest absolute Gasteiger partial charge is 0.381 e. The van der Waals surface area contributed by atoms with Crippen LogP contribution in [0.2, 0.25) is 0 Å². The van der Waals surface area contributed by atoms with Crippen LogP contribution in [0.4, 0.5) is 0 Å². The number of fused-ring (bicyclic) bond motifs is 1. The van der Waals surface area contributed by atoms with Crippen LogP contribution in [0.5, 0.6) is 0 Å². The van der Waals surface area contributed by atoms with Gasteiger partial charge in [0.25, 0.3) is 5.89 Å². The maximum atomic E-state index is 5.56. The second-order valence-corrected chi connectivity index (χ2v) is 6.03. The summed E-state index contributed by atoms with van der Waals surface area (Å²) < 4.78 is 11.0. The summed E-state index contributed by atoms with van der Waals surface area (Å²) in [6.07, 6.45) is 1.94. The Balaban J connectivity index is 1.83. The number of hydrogen-bond acceptors (Lipinski definition) is 5. The van der Waals surface area contributed by atoms with E-state index in [4.69, 9.17) is 9.26 Å². The standard InChI is InChI=1S/C18H19N3O2/c1-3-12-4-5-16-14(9-12)15(8-11(2)19-16)18-20-17(21-23-18)13-6-7-22-10-13/h4-5,8-9,13H,3,6-7,10H2,1-2H3. The van der Waals surface area contributed by atoms with Gasteiger partial charge in [0.2, 0.25) is 0 Å². The first-order chi connectivity index (χ1) is 11.2. The first kappa shape index (κ1) is 14.3. The fourth-order valence-electron chi connectivity index (χ4n) is 3.05. The number of aryl methyl sites for hydroxylation is 2. The van der Waals surface area contributed by atoms with Crippen molar-refractivity contribution >= 4 is 10.9 Å². The minimum atomic E-state index is 0.243. The van der Waals surface area contributed by atoms with Gasteiger partial charge in [-0.2, -0.15) is 4.98 Å². The first-order valence-electron chi connectivity index (χ1n) is 8.06. The van der Waals surface area contributed by atoms with Crippen LogP contribution >= 0.6 is 0 Å². The summed E-state index contributed by atoms with van der Waals surface area (Å²) in [5.74, 6) is 1.55. The van der Waals surface area contributed by atoms with Gasteiger partial charge in [-0.1, -0.05) is 18.1 Å². The van der Waals surface area contributed by atoms with Crippen LogP contribution in [0, 0.1) is 6.92 Å². The third-order valence-corrected chi connectivity index (χ3v) is 4.38. The normalized spacial score (nSPS) is 17.9. The SMILES string of the molecule is CCc1ccc2nc(C)cc(-c3nc(C4CCOC4)no3)c2c1. The Hall–Kier alpha value is -2.27. The van der Waals surface area contributed by atoms with E-state index in [2.05, 4.69) is 40.2 Å². The van der Waals surface area contributed by atoms with Crippen LogP contribution in [0.15, 0.2) is 28.8 Å². The van der Waals surface area contributed by atoms with E-state index in [1.54, 1.807) is 0 Å². The predicted molar refractivity (Wildman–Crippen MR) is 87.3 cm³/mol. The fraction of sp³-hybridized carbons (Fsp3) is 0.389. The van der Waals surface area contributed by atoms with E-state index in [0.717, 1.165) is 47.4 Å². The quantitative estimate of drug-likeness (QED) is 0.739. The molecule has 23 heavy (non-hydrogen) atoms. The van der Waals surface area contributed by atoms with Gasteiger partial charge in [-0.3, -0.25) is 4.98 Å². The highest BCUT2D eigenvalue weighted by molar-refractivity contribution is 5.93. The van der Waals surface area contributed by atoms with E-state index in [9.17, 15) is 0 Å². The smallest absolute Gasteiger partial charge is 0.258 e. The van der Waals surface area contributed by atoms with Crippen LogP contribution in [-0.4, -0.2) is 28.3 Å². The average Bonchev–Trinajstić information content (AvgIpc) is 3.24. The molecule has 118 valence electrons. The number of hydrogen-bond donors (Lipinski definition) is 0. The third-order valence-electron chi connectivity index (χ3n) is 4.38. The van der Waals surface area contributed by atoms with Gasteiger partial charge in [-0.25, -0.2) is 0 Å². The zero-order valence-electron chi connectivity index (χ0n) is 13.4. The van der Waals surface area contributed by atoms with Crippen molar-refractivity contribution in [1.29, 1.82) is 0 Å². The molecular formula is C18H19N3O2. The molecule has 3 aromatic rings. The zero-order chi connectivity index (χ0) is 15.8. The Kier molecular flexibility index (Phi) is 3.58. The van der Waals surface area contributed by atoms with Crippen LogP contribution < -0.4 is 0 Å². The number of benzene rings is 1. The molecule has 5 heteroatoms. The lowest BCUT2D eigenvalue weighted by Gasteiger charge is -2.06. The van der Waals surface area contributed by atoms with E-state index in [-0.39, 0.29) is 5.92 Å². The molecule has 0 N–H and O–H groups in total. The van der Waals surface area contributed by atoms with Gasteiger partial charge in [0.05, 0.1) is 17.7 Å². The molecule has 0 saturated carbocycles. The molecule has 0 bridgehead atoms. The minimum absolute atomic E-state index is 0.243. The minimum Gasteiger partial charge on any atom is -0.381 e. The van der Waals surface area contributed by atoms with Crippen molar-refractivity contribution in [3.05, 3.63) is 41.3 Å². The van der Waals surface area contributed by atoms with Crippen LogP contribution in [0.1, 0.15) is 36.3 Å². The molecule has 3 heterocycles. The first-order valence-corrected chi connectivity index (χ1v) is 8.06. The van der Waals surface area contributed by atoms with Crippen molar-refractivity contribution in [2.75, 3.05) is 13.2 Å². The molecular weight excluding hydrogens is 290 g/mol. The maximum absolute atomic E-state index is 5.56. The summed E-state index contributed by atoms with van der Waals surface area (Å²) in [6.45, 7) is 5.58. The van der Waals surface area contributed by atoms with E-state index in [0.29, 0.717) is 12.5 Å². The van der Waals surface area contributed by atoms with Crippen LogP contribution in [0.3, 0.4) is 0 Å². The Morgan fingerprint density at radius 1 is 1.22 bits per heavy atom. The fourth-order valence-corrected chi connectivity index (χ4v) is 3.05. The van der Waals surface area contributed by atoms with Crippen molar-refractivity contribution in [3.63, 3.8) is 0 Å². The van der Waals surface area contributed by atoms with Crippen molar-refractivity contribution in [1.82, 2.24) is 15.1 Å². The van der Waals surface area contributed by atoms with Gasteiger partial charge in [0, 0.05) is 23.6 Å². The molecule has 1 saturated heterocycles. The molecule has 0 spiro atoms. The lowest BCUT2D eigenvalue weighted by molar-refractivity contribution is 0.192. The van der Waals surface area contributed by atoms with E-state index >= 15 is 0 Å². The van der Waals surface area contributed by atoms with E-state index in [1.807, 2.05) is 13.0 Å². The molecule has 2 aromatic heterocycles. The average molecular weight is 309 g/mol. The zero-order valence-corrected chi connectivity index (χ0v) is 13.4. The summed E-state index contributed by atoms with van der Waals surface area (Å²) >= 11 is 0. The molecule has 0 radical (unpaired) electrons. The number of aromatic nitrogens is 3. The van der Waals surface area contributed by atoms with Gasteiger partial charge < -0.3 is 9.26 Å². The van der Waals surface area contributed by atoms with Crippen LogP contribution in [-0.2, 0) is 11.2 Å². The number of nitrogens with zero attached hydrogens (tertiary/aromatic N) is 3. The third kappa shape index (κ3) is 2.61. The molecule has 1 atom stereocenters. The van der Waals surface area contributed by atoms with Crippen molar-refractivity contribution in [2.45, 2.75) is 32.6 Å². The second-order valence-electron chi connectivity index (χ2n) is 6.03. The Labute approximate surface area is 134 Å². The molecule has 0 amide bonds. The molecule has 1 aliphatic heterocycles. The lowest BCUT2D eigenvalue weighted by Crippen LogP contribution is -1.99. The van der Waals surface area contributed by atoms with E-state index in [1.165, 1.54) is 5.56 Å². The number of rotatable bonds is 3. The molecule has 1 aliphatic rings. The second kappa shape index (κ2) is 5.74. The lowest BCUT2D eigenvalue weighted by atomic mass is 10.0. The van der Waals surface area contributed by atoms with Crippen molar-refractivity contribution < 1.29 is 9.26 Å². The van der Waals surface area contributed by atoms with Crippen LogP contribution in [0.25, 0.3) is 22.4 Å². The molecule has 1 fully saturated rings. The predicted octanol–water partition coefficient (Wildman–Crippen LogP) is 3.66. The summed E-state index contributed by atoms with van der Waals surface area (Å²) in [6, 6.07) is 8.37. The summed E-state index contributed by atoms with van der Waals surface area (Å²) in [4.78, 5) is 9.24. The summed E-state index contributed by atoms with van der Waals surface area (Å²) in [7, 11) is 0. The summed E-state index contributed by atoms with van der Waals surface area (Å²) in [5, 5.41) is 5.23. The molecule has 1 aromatic carbocycles. The highest BCUT2D eigenvalue weighted by atomic mass is 16.5. The van der Waals surface area contributed by atoms with Crippen molar-refractivity contribution in [3.8, 4) is 11.5 Å². The Bertz CT molecular complexity index is 851. The molecule has 1 unspecified atom stereocenters. The monoisotopic (exact) mass is 309 g/mol.